The average Bonchev–Trinajstić information content (AvgIpc) is 2.95. The van der Waals surface area contributed by atoms with Gasteiger partial charge in [0, 0.05) is 27.5 Å². The minimum atomic E-state index is 0.248. The van der Waals surface area contributed by atoms with Gasteiger partial charge in [-0.3, -0.25) is 5.10 Å². The molecule has 1 heterocycles. The maximum Gasteiger partial charge on any atom is 0.193 e. The van der Waals surface area contributed by atoms with Gasteiger partial charge in [-0.25, -0.2) is 4.99 Å². The van der Waals surface area contributed by atoms with E-state index in [1.165, 1.54) is 6.21 Å². The average molecular weight is 391 g/mol. The van der Waals surface area contributed by atoms with Crippen molar-refractivity contribution < 1.29 is 0 Å². The number of aromatic amines is 1. The topological polar surface area (TPSA) is 76.9 Å². The summed E-state index contributed by atoms with van der Waals surface area (Å²) in [5, 5.41) is 20.9. The lowest BCUT2D eigenvalue weighted by Gasteiger charge is -2.03. The van der Waals surface area contributed by atoms with Crippen LogP contribution in [-0.4, -0.2) is 16.4 Å². The highest BCUT2D eigenvalue weighted by atomic mass is 35.5. The molecule has 0 bridgehead atoms. The maximum atomic E-state index is 9.42. The molecule has 2 aromatic carbocycles. The van der Waals surface area contributed by atoms with E-state index in [0.29, 0.717) is 26.4 Å². The molecule has 0 spiro atoms. The van der Waals surface area contributed by atoms with E-state index >= 15 is 0 Å². The maximum absolute atomic E-state index is 9.42. The molecule has 0 aliphatic heterocycles. The third-order valence-corrected chi connectivity index (χ3v) is 4.04. The van der Waals surface area contributed by atoms with Gasteiger partial charge in [0.1, 0.15) is 17.5 Å². The summed E-state index contributed by atoms with van der Waals surface area (Å²) < 4.78 is 0. The first-order valence-electron chi connectivity index (χ1n) is 7.07. The van der Waals surface area contributed by atoms with Crippen molar-refractivity contribution in [1.82, 2.24) is 10.2 Å². The van der Waals surface area contributed by atoms with Crippen LogP contribution < -0.4 is 5.32 Å². The van der Waals surface area contributed by atoms with Gasteiger partial charge < -0.3 is 5.32 Å². The van der Waals surface area contributed by atoms with E-state index < -0.39 is 0 Å². The normalized spacial score (nSPS) is 10.8. The van der Waals surface area contributed by atoms with E-state index in [1.54, 1.807) is 36.4 Å². The first-order chi connectivity index (χ1) is 12.1. The molecule has 0 saturated heterocycles. The van der Waals surface area contributed by atoms with Crippen LogP contribution in [0.15, 0.2) is 47.5 Å². The van der Waals surface area contributed by atoms with E-state index in [1.807, 2.05) is 6.07 Å². The molecular weight excluding hydrogens is 381 g/mol. The number of aliphatic imine (C=N–C) groups is 1. The summed E-state index contributed by atoms with van der Waals surface area (Å²) in [5.74, 6) is 0.678. The second-order valence-electron chi connectivity index (χ2n) is 4.97. The minimum Gasteiger partial charge on any atom is -0.339 e. The minimum absolute atomic E-state index is 0.248. The summed E-state index contributed by atoms with van der Waals surface area (Å²) in [6.45, 7) is 0. The lowest BCUT2D eigenvalue weighted by molar-refractivity contribution is 1.09. The summed E-state index contributed by atoms with van der Waals surface area (Å²) in [4.78, 5) is 4.23. The molecule has 0 saturated carbocycles. The molecular formula is C17H10Cl3N5. The molecule has 0 aliphatic rings. The Bertz CT molecular complexity index is 988. The monoisotopic (exact) mass is 389 g/mol. The number of rotatable bonds is 4. The number of aromatic nitrogens is 2. The summed E-state index contributed by atoms with van der Waals surface area (Å²) in [5.41, 5.74) is 1.67. The fraction of sp³-hybridized carbons (Fsp3) is 0. The van der Waals surface area contributed by atoms with Crippen molar-refractivity contribution in [3.63, 3.8) is 0 Å². The fourth-order valence-corrected chi connectivity index (χ4v) is 2.72. The number of anilines is 2. The summed E-state index contributed by atoms with van der Waals surface area (Å²) in [6.07, 6.45) is 1.53. The predicted octanol–water partition coefficient (Wildman–Crippen LogP) is 5.74. The van der Waals surface area contributed by atoms with Gasteiger partial charge in [-0.15, -0.1) is 0 Å². The largest absolute Gasteiger partial charge is 0.339 e. The molecule has 0 atom stereocenters. The lowest BCUT2D eigenvalue weighted by Crippen LogP contribution is -1.92. The molecule has 0 radical (unpaired) electrons. The highest BCUT2D eigenvalue weighted by molar-refractivity contribution is 6.36. The quantitative estimate of drug-likeness (QED) is 0.558. The van der Waals surface area contributed by atoms with Gasteiger partial charge in [0.15, 0.2) is 5.82 Å². The van der Waals surface area contributed by atoms with Crippen LogP contribution in [0.4, 0.5) is 17.3 Å². The van der Waals surface area contributed by atoms with Crippen LogP contribution in [-0.2, 0) is 0 Å². The smallest absolute Gasteiger partial charge is 0.193 e. The van der Waals surface area contributed by atoms with Crippen LogP contribution in [0.3, 0.4) is 0 Å². The van der Waals surface area contributed by atoms with Gasteiger partial charge >= 0.3 is 0 Å². The highest BCUT2D eigenvalue weighted by Crippen LogP contribution is 2.27. The van der Waals surface area contributed by atoms with Gasteiger partial charge in [-0.05, 0) is 30.3 Å². The van der Waals surface area contributed by atoms with Gasteiger partial charge in [0.2, 0.25) is 0 Å². The van der Waals surface area contributed by atoms with Crippen molar-refractivity contribution in [2.45, 2.75) is 0 Å². The van der Waals surface area contributed by atoms with E-state index in [-0.39, 0.29) is 11.4 Å². The highest BCUT2D eigenvalue weighted by Gasteiger charge is 2.12. The van der Waals surface area contributed by atoms with E-state index in [2.05, 4.69) is 26.6 Å². The molecule has 25 heavy (non-hydrogen) atoms. The third kappa shape index (κ3) is 4.12. The summed E-state index contributed by atoms with van der Waals surface area (Å²) in [7, 11) is 0. The van der Waals surface area contributed by atoms with Crippen LogP contribution in [0.1, 0.15) is 11.1 Å². The van der Waals surface area contributed by atoms with E-state index in [0.717, 1.165) is 5.69 Å². The van der Waals surface area contributed by atoms with Crippen molar-refractivity contribution in [1.29, 1.82) is 5.26 Å². The number of benzene rings is 2. The van der Waals surface area contributed by atoms with Crippen molar-refractivity contribution in [3.8, 4) is 6.07 Å². The number of hydrogen-bond acceptors (Lipinski definition) is 4. The van der Waals surface area contributed by atoms with E-state index in [4.69, 9.17) is 34.8 Å². The predicted molar refractivity (Wildman–Crippen MR) is 102 cm³/mol. The van der Waals surface area contributed by atoms with Crippen LogP contribution in [0, 0.1) is 11.3 Å². The Labute approximate surface area is 158 Å². The van der Waals surface area contributed by atoms with Crippen LogP contribution >= 0.6 is 34.8 Å². The zero-order valence-corrected chi connectivity index (χ0v) is 14.9. The molecule has 1 aromatic heterocycles. The molecule has 3 aromatic rings. The molecule has 0 aliphatic carbocycles. The van der Waals surface area contributed by atoms with Crippen LogP contribution in [0.25, 0.3) is 0 Å². The molecule has 0 amide bonds. The second-order valence-corrected chi connectivity index (χ2v) is 6.25. The number of hydrogen-bond donors (Lipinski definition) is 2. The number of nitrogens with zero attached hydrogens (tertiary/aromatic N) is 3. The van der Waals surface area contributed by atoms with Gasteiger partial charge in [-0.1, -0.05) is 46.9 Å². The lowest BCUT2D eigenvalue weighted by atomic mass is 10.2. The van der Waals surface area contributed by atoms with E-state index in [9.17, 15) is 5.26 Å². The van der Waals surface area contributed by atoms with Crippen molar-refractivity contribution >= 4 is 58.3 Å². The zero-order valence-electron chi connectivity index (χ0n) is 12.6. The SMILES string of the molecule is N#Cc1c(N=Cc2ccc(Cl)cc2Cl)n[nH]c1Nc1cccc(Cl)c1. The molecule has 5 nitrogen and oxygen atoms in total. The Balaban J connectivity index is 1.87. The molecule has 3 rings (SSSR count). The second kappa shape index (κ2) is 7.58. The van der Waals surface area contributed by atoms with Crippen molar-refractivity contribution in [3.05, 3.63) is 68.7 Å². The number of nitrogens with one attached hydrogen (secondary N) is 2. The molecule has 2 N–H and O–H groups in total. The number of H-pyrrole nitrogens is 1. The van der Waals surface area contributed by atoms with Gasteiger partial charge in [0.05, 0.1) is 5.02 Å². The Morgan fingerprint density at radius 2 is 1.92 bits per heavy atom. The van der Waals surface area contributed by atoms with Crippen molar-refractivity contribution in [2.75, 3.05) is 5.32 Å². The number of nitriles is 1. The Morgan fingerprint density at radius 1 is 1.12 bits per heavy atom. The summed E-state index contributed by atoms with van der Waals surface area (Å²) in [6, 6.07) is 14.3. The Kier molecular flexibility index (Phi) is 5.25. The van der Waals surface area contributed by atoms with Crippen LogP contribution in [0.5, 0.6) is 0 Å². The van der Waals surface area contributed by atoms with Gasteiger partial charge in [0.25, 0.3) is 0 Å². The van der Waals surface area contributed by atoms with Gasteiger partial charge in [-0.2, -0.15) is 10.4 Å². The van der Waals surface area contributed by atoms with Crippen molar-refractivity contribution in [2.24, 2.45) is 4.99 Å². The first kappa shape index (κ1) is 17.3. The molecule has 8 heteroatoms. The third-order valence-electron chi connectivity index (χ3n) is 3.24. The summed E-state index contributed by atoms with van der Waals surface area (Å²) >= 11 is 17.9. The molecule has 124 valence electrons. The standard InChI is InChI=1S/C17H10Cl3N5/c18-11-2-1-3-13(6-11)23-17-14(8-21)16(24-25-17)22-9-10-4-5-12(19)7-15(10)20/h1-7,9H,(H2,23,24,25). The molecule has 0 unspecified atom stereocenters. The zero-order chi connectivity index (χ0) is 17.8. The van der Waals surface area contributed by atoms with Crippen LogP contribution in [0.2, 0.25) is 15.1 Å². The Hall–Kier alpha value is -2.52. The molecule has 0 fully saturated rings. The first-order valence-corrected chi connectivity index (χ1v) is 8.20. The number of halogens is 3. The fourth-order valence-electron chi connectivity index (χ4n) is 2.07. The Morgan fingerprint density at radius 3 is 2.64 bits per heavy atom.